The second-order valence-electron chi connectivity index (χ2n) is 5.04. The molecule has 2 atom stereocenters. The van der Waals surface area contributed by atoms with Gasteiger partial charge in [0.05, 0.1) is 30.3 Å². The van der Waals surface area contributed by atoms with Gasteiger partial charge in [0.1, 0.15) is 0 Å². The Morgan fingerprint density at radius 1 is 1.32 bits per heavy atom. The number of carbonyl (C=O) groups is 1. The largest absolute Gasteiger partial charge is 0.372 e. The molecule has 1 aromatic carbocycles. The Morgan fingerprint density at radius 3 is 2.42 bits per heavy atom. The van der Waals surface area contributed by atoms with Crippen molar-refractivity contribution >= 4 is 5.91 Å². The van der Waals surface area contributed by atoms with E-state index in [1.165, 1.54) is 0 Å². The Balaban J connectivity index is 1.98. The van der Waals surface area contributed by atoms with Crippen LogP contribution in [0.3, 0.4) is 0 Å². The summed E-state index contributed by atoms with van der Waals surface area (Å²) < 4.78 is 5.62. The molecule has 4 heteroatoms. The van der Waals surface area contributed by atoms with Crippen molar-refractivity contribution in [2.75, 3.05) is 13.1 Å². The van der Waals surface area contributed by atoms with Gasteiger partial charge in [0, 0.05) is 13.1 Å². The minimum Gasteiger partial charge on any atom is -0.372 e. The highest BCUT2D eigenvalue weighted by Gasteiger charge is 2.25. The maximum absolute atomic E-state index is 12.2. The summed E-state index contributed by atoms with van der Waals surface area (Å²) >= 11 is 0. The number of benzene rings is 1. The summed E-state index contributed by atoms with van der Waals surface area (Å²) in [6, 6.07) is 9.23. The molecule has 0 radical (unpaired) electrons. The van der Waals surface area contributed by atoms with Gasteiger partial charge < -0.3 is 9.64 Å². The van der Waals surface area contributed by atoms with Crippen molar-refractivity contribution in [2.24, 2.45) is 0 Å². The van der Waals surface area contributed by atoms with E-state index < -0.39 is 0 Å². The molecule has 1 aromatic rings. The van der Waals surface area contributed by atoms with Crippen molar-refractivity contribution in [3.63, 3.8) is 0 Å². The number of ether oxygens (including phenoxy) is 1. The van der Waals surface area contributed by atoms with Gasteiger partial charge in [-0.25, -0.2) is 0 Å². The van der Waals surface area contributed by atoms with Crippen molar-refractivity contribution in [1.29, 1.82) is 5.26 Å². The van der Waals surface area contributed by atoms with E-state index in [2.05, 4.69) is 6.07 Å². The number of carbonyl (C=O) groups excluding carboxylic acids is 1. The molecular weight excluding hydrogens is 240 g/mol. The lowest BCUT2D eigenvalue weighted by Crippen LogP contribution is -2.48. The Morgan fingerprint density at radius 2 is 1.89 bits per heavy atom. The first-order valence-electron chi connectivity index (χ1n) is 6.50. The Kier molecular flexibility index (Phi) is 4.18. The quantitative estimate of drug-likeness (QED) is 0.812. The van der Waals surface area contributed by atoms with E-state index in [-0.39, 0.29) is 18.1 Å². The predicted octanol–water partition coefficient (Wildman–Crippen LogP) is 1.74. The van der Waals surface area contributed by atoms with Gasteiger partial charge in [0.2, 0.25) is 5.91 Å². The fraction of sp³-hybridized carbons (Fsp3) is 0.467. The lowest BCUT2D eigenvalue weighted by Gasteiger charge is -2.35. The second kappa shape index (κ2) is 5.85. The third-order valence-electron chi connectivity index (χ3n) is 3.21. The maximum atomic E-state index is 12.2. The number of morpholine rings is 1. The summed E-state index contributed by atoms with van der Waals surface area (Å²) in [7, 11) is 0. The summed E-state index contributed by atoms with van der Waals surface area (Å²) in [5.74, 6) is 0.117. The zero-order valence-corrected chi connectivity index (χ0v) is 11.3. The number of hydrogen-bond donors (Lipinski definition) is 0. The third-order valence-corrected chi connectivity index (χ3v) is 3.21. The van der Waals surface area contributed by atoms with E-state index in [0.717, 1.165) is 5.56 Å². The van der Waals surface area contributed by atoms with E-state index >= 15 is 0 Å². The van der Waals surface area contributed by atoms with Crippen LogP contribution in [0.15, 0.2) is 24.3 Å². The zero-order chi connectivity index (χ0) is 13.8. The first-order chi connectivity index (χ1) is 9.08. The molecule has 0 aliphatic carbocycles. The molecule has 0 aromatic heterocycles. The number of rotatable bonds is 2. The predicted molar refractivity (Wildman–Crippen MR) is 71.5 cm³/mol. The van der Waals surface area contributed by atoms with Crippen LogP contribution in [0.4, 0.5) is 0 Å². The van der Waals surface area contributed by atoms with Crippen LogP contribution in [0.2, 0.25) is 0 Å². The topological polar surface area (TPSA) is 53.3 Å². The summed E-state index contributed by atoms with van der Waals surface area (Å²) in [6.07, 6.45) is 0.563. The smallest absolute Gasteiger partial charge is 0.227 e. The molecule has 100 valence electrons. The molecule has 1 aliphatic rings. The van der Waals surface area contributed by atoms with E-state index in [9.17, 15) is 4.79 Å². The number of amides is 1. The van der Waals surface area contributed by atoms with E-state index in [4.69, 9.17) is 10.00 Å². The SMILES string of the molecule is C[C@@H]1CN(C(=O)Cc2ccc(C#N)cc2)C[C@H](C)O1. The molecule has 0 spiro atoms. The van der Waals surface area contributed by atoms with Gasteiger partial charge in [0.25, 0.3) is 0 Å². The molecule has 0 N–H and O–H groups in total. The average molecular weight is 258 g/mol. The molecule has 1 saturated heterocycles. The Labute approximate surface area is 113 Å². The van der Waals surface area contributed by atoms with Gasteiger partial charge >= 0.3 is 0 Å². The summed E-state index contributed by atoms with van der Waals surface area (Å²) in [5.41, 5.74) is 1.56. The van der Waals surface area contributed by atoms with Crippen molar-refractivity contribution in [3.05, 3.63) is 35.4 Å². The molecule has 1 heterocycles. The van der Waals surface area contributed by atoms with Crippen LogP contribution >= 0.6 is 0 Å². The molecule has 0 saturated carbocycles. The van der Waals surface area contributed by atoms with Crippen LogP contribution in [0.5, 0.6) is 0 Å². The summed E-state index contributed by atoms with van der Waals surface area (Å²) in [4.78, 5) is 14.1. The molecular formula is C15H18N2O2. The summed E-state index contributed by atoms with van der Waals surface area (Å²) in [6.45, 7) is 5.27. The molecule has 0 bridgehead atoms. The van der Waals surface area contributed by atoms with E-state index in [1.807, 2.05) is 30.9 Å². The highest BCUT2D eigenvalue weighted by molar-refractivity contribution is 5.79. The summed E-state index contributed by atoms with van der Waals surface area (Å²) in [5, 5.41) is 8.73. The molecule has 2 rings (SSSR count). The van der Waals surface area contributed by atoms with Crippen LogP contribution < -0.4 is 0 Å². The molecule has 19 heavy (non-hydrogen) atoms. The Bertz CT molecular complexity index is 480. The minimum absolute atomic E-state index is 0.0914. The second-order valence-corrected chi connectivity index (χ2v) is 5.04. The van der Waals surface area contributed by atoms with Crippen molar-refractivity contribution in [2.45, 2.75) is 32.5 Å². The van der Waals surface area contributed by atoms with Crippen LogP contribution in [-0.2, 0) is 16.0 Å². The van der Waals surface area contributed by atoms with Gasteiger partial charge in [-0.15, -0.1) is 0 Å². The molecule has 1 fully saturated rings. The average Bonchev–Trinajstić information content (AvgIpc) is 2.38. The molecule has 1 amide bonds. The number of nitrogens with zero attached hydrogens (tertiary/aromatic N) is 2. The Hall–Kier alpha value is -1.86. The van der Waals surface area contributed by atoms with Gasteiger partial charge in [-0.3, -0.25) is 4.79 Å². The van der Waals surface area contributed by atoms with Crippen molar-refractivity contribution < 1.29 is 9.53 Å². The van der Waals surface area contributed by atoms with Crippen molar-refractivity contribution in [3.8, 4) is 6.07 Å². The van der Waals surface area contributed by atoms with Crippen molar-refractivity contribution in [1.82, 2.24) is 4.90 Å². The lowest BCUT2D eigenvalue weighted by atomic mass is 10.1. The van der Waals surface area contributed by atoms with Crippen LogP contribution in [0.1, 0.15) is 25.0 Å². The van der Waals surface area contributed by atoms with Gasteiger partial charge in [-0.1, -0.05) is 12.1 Å². The van der Waals surface area contributed by atoms with E-state index in [0.29, 0.717) is 25.1 Å². The highest BCUT2D eigenvalue weighted by Crippen LogP contribution is 2.13. The standard InChI is InChI=1S/C15H18N2O2/c1-11-9-17(10-12(2)19-11)15(18)7-13-3-5-14(8-16)6-4-13/h3-6,11-12H,7,9-10H2,1-2H3/t11-,12+. The number of nitriles is 1. The maximum Gasteiger partial charge on any atom is 0.227 e. The monoisotopic (exact) mass is 258 g/mol. The van der Waals surface area contributed by atoms with Gasteiger partial charge in [-0.2, -0.15) is 5.26 Å². The lowest BCUT2D eigenvalue weighted by molar-refractivity contribution is -0.142. The van der Waals surface area contributed by atoms with Crippen LogP contribution in [0, 0.1) is 11.3 Å². The fourth-order valence-corrected chi connectivity index (χ4v) is 2.37. The fourth-order valence-electron chi connectivity index (χ4n) is 2.37. The normalized spacial score (nSPS) is 22.9. The van der Waals surface area contributed by atoms with Gasteiger partial charge in [-0.05, 0) is 31.5 Å². The van der Waals surface area contributed by atoms with Gasteiger partial charge in [0.15, 0.2) is 0 Å². The number of hydrogen-bond acceptors (Lipinski definition) is 3. The first-order valence-corrected chi connectivity index (χ1v) is 6.50. The van der Waals surface area contributed by atoms with E-state index in [1.54, 1.807) is 12.1 Å². The third kappa shape index (κ3) is 3.55. The zero-order valence-electron chi connectivity index (χ0n) is 11.3. The van der Waals surface area contributed by atoms with Crippen LogP contribution in [-0.4, -0.2) is 36.1 Å². The molecule has 0 unspecified atom stereocenters. The molecule has 1 aliphatic heterocycles. The highest BCUT2D eigenvalue weighted by atomic mass is 16.5. The first kappa shape index (κ1) is 13.6. The minimum atomic E-state index is 0.0914. The molecule has 4 nitrogen and oxygen atoms in total. The van der Waals surface area contributed by atoms with Crippen LogP contribution in [0.25, 0.3) is 0 Å².